The lowest BCUT2D eigenvalue weighted by atomic mass is 10.0. The van der Waals surface area contributed by atoms with E-state index in [9.17, 15) is 8.42 Å². The maximum Gasteiger partial charge on any atom is 0.323 e. The van der Waals surface area contributed by atoms with Gasteiger partial charge in [-0.15, -0.1) is 0 Å². The fraction of sp³-hybridized carbons (Fsp3) is 0.500. The number of rotatable bonds is 8. The second-order valence-corrected chi connectivity index (χ2v) is 7.96. The summed E-state index contributed by atoms with van der Waals surface area (Å²) in [5, 5.41) is 4.20. The number of nitrogens with zero attached hydrogens (tertiary/aromatic N) is 2. The lowest BCUT2D eigenvalue weighted by Crippen LogP contribution is -2.29. The summed E-state index contributed by atoms with van der Waals surface area (Å²) in [5.41, 5.74) is 4.97. The fourth-order valence-corrected chi connectivity index (χ4v) is 4.19. The van der Waals surface area contributed by atoms with E-state index in [1.807, 2.05) is 6.92 Å². The minimum Gasteiger partial charge on any atom is -0.396 e. The van der Waals surface area contributed by atoms with Crippen molar-refractivity contribution < 1.29 is 13.3 Å². The maximum absolute atomic E-state index is 11.6. The van der Waals surface area contributed by atoms with Gasteiger partial charge in [0.1, 0.15) is 6.61 Å². The first-order valence-corrected chi connectivity index (χ1v) is 10.3. The largest absolute Gasteiger partial charge is 0.396 e. The summed E-state index contributed by atoms with van der Waals surface area (Å²) >= 11 is 0. The van der Waals surface area contributed by atoms with Crippen LogP contribution in [-0.2, 0) is 27.9 Å². The summed E-state index contributed by atoms with van der Waals surface area (Å²) in [6, 6.07) is 6.60. The Hall–Kier alpha value is -2.02. The third-order valence-electron chi connectivity index (χ3n) is 4.53. The lowest BCUT2D eigenvalue weighted by molar-refractivity contribution is 0.158. The Bertz CT molecular complexity index is 772. The molecule has 0 fully saturated rings. The van der Waals surface area contributed by atoms with Crippen LogP contribution in [0.3, 0.4) is 0 Å². The molecule has 1 aliphatic heterocycles. The van der Waals surface area contributed by atoms with Crippen molar-refractivity contribution in [1.82, 2.24) is 9.03 Å². The standard InChI is InChI=1S/C18H25N3O3S/c1-2-24-20-18-10-8-16-14-15(7-9-17(16)18)6-4-3-5-12-21-13-11-19-25(21,22)23/h7,9,11,13-14,19H,2-6,8,10,12H2,1H3. The zero-order valence-corrected chi connectivity index (χ0v) is 15.4. The summed E-state index contributed by atoms with van der Waals surface area (Å²) in [6.45, 7) is 3.07. The number of hydrogen-bond donors (Lipinski definition) is 1. The van der Waals surface area contributed by atoms with Gasteiger partial charge in [0.25, 0.3) is 0 Å². The minimum absolute atomic E-state index is 0.535. The van der Waals surface area contributed by atoms with Crippen molar-refractivity contribution in [3.05, 3.63) is 47.3 Å². The molecule has 0 aromatic heterocycles. The van der Waals surface area contributed by atoms with Crippen LogP contribution in [0.25, 0.3) is 0 Å². The van der Waals surface area contributed by atoms with Gasteiger partial charge >= 0.3 is 10.2 Å². The third kappa shape index (κ3) is 4.34. The zero-order valence-electron chi connectivity index (χ0n) is 14.6. The molecule has 136 valence electrons. The molecule has 0 saturated carbocycles. The molecule has 0 bridgehead atoms. The van der Waals surface area contributed by atoms with Gasteiger partial charge in [-0.3, -0.25) is 9.03 Å². The molecular weight excluding hydrogens is 338 g/mol. The summed E-state index contributed by atoms with van der Waals surface area (Å²) in [4.78, 5) is 5.19. The lowest BCUT2D eigenvalue weighted by Gasteiger charge is -2.13. The molecule has 1 aromatic rings. The normalized spacial score (nSPS) is 19.2. The van der Waals surface area contributed by atoms with Crippen molar-refractivity contribution in [3.63, 3.8) is 0 Å². The van der Waals surface area contributed by atoms with Crippen LogP contribution >= 0.6 is 0 Å². The van der Waals surface area contributed by atoms with Crippen LogP contribution in [-0.4, -0.2) is 31.6 Å². The Labute approximate surface area is 149 Å². The van der Waals surface area contributed by atoms with Crippen molar-refractivity contribution in [3.8, 4) is 0 Å². The molecule has 25 heavy (non-hydrogen) atoms. The number of unbranched alkanes of at least 4 members (excludes halogenated alkanes) is 2. The number of hydrogen-bond acceptors (Lipinski definition) is 4. The van der Waals surface area contributed by atoms with Gasteiger partial charge in [-0.2, -0.15) is 8.42 Å². The van der Waals surface area contributed by atoms with Gasteiger partial charge in [0.05, 0.1) is 5.71 Å². The van der Waals surface area contributed by atoms with Gasteiger partial charge in [0.15, 0.2) is 0 Å². The van der Waals surface area contributed by atoms with E-state index < -0.39 is 10.2 Å². The molecule has 1 aromatic carbocycles. The van der Waals surface area contributed by atoms with E-state index in [-0.39, 0.29) is 0 Å². The van der Waals surface area contributed by atoms with Crippen LogP contribution in [0.2, 0.25) is 0 Å². The first-order valence-electron chi connectivity index (χ1n) is 8.87. The quantitative estimate of drug-likeness (QED) is 0.570. The number of oxime groups is 1. The van der Waals surface area contributed by atoms with Gasteiger partial charge < -0.3 is 4.84 Å². The monoisotopic (exact) mass is 363 g/mol. The highest BCUT2D eigenvalue weighted by atomic mass is 32.2. The van der Waals surface area contributed by atoms with Crippen molar-refractivity contribution in [2.75, 3.05) is 13.2 Å². The first kappa shape index (κ1) is 17.8. The van der Waals surface area contributed by atoms with Crippen LogP contribution in [0.1, 0.15) is 49.3 Å². The highest BCUT2D eigenvalue weighted by Crippen LogP contribution is 2.25. The number of nitrogens with one attached hydrogen (secondary N) is 1. The van der Waals surface area contributed by atoms with E-state index in [1.165, 1.54) is 27.2 Å². The predicted molar refractivity (Wildman–Crippen MR) is 98.4 cm³/mol. The Kier molecular flexibility index (Phi) is 5.63. The van der Waals surface area contributed by atoms with E-state index in [0.29, 0.717) is 13.2 Å². The molecule has 0 unspecified atom stereocenters. The Morgan fingerprint density at radius 2 is 2.12 bits per heavy atom. The Morgan fingerprint density at radius 3 is 2.88 bits per heavy atom. The second kappa shape index (κ2) is 7.91. The van der Waals surface area contributed by atoms with Gasteiger partial charge in [0, 0.05) is 24.5 Å². The van der Waals surface area contributed by atoms with Crippen LogP contribution in [0, 0.1) is 0 Å². The number of benzene rings is 1. The number of aryl methyl sites for hydroxylation is 2. The average molecular weight is 363 g/mol. The molecule has 1 N–H and O–H groups in total. The van der Waals surface area contributed by atoms with Gasteiger partial charge in [0.2, 0.25) is 0 Å². The smallest absolute Gasteiger partial charge is 0.323 e. The predicted octanol–water partition coefficient (Wildman–Crippen LogP) is 2.71. The van der Waals surface area contributed by atoms with Crippen LogP contribution in [0.5, 0.6) is 0 Å². The third-order valence-corrected chi connectivity index (χ3v) is 5.88. The summed E-state index contributed by atoms with van der Waals surface area (Å²) in [6.07, 6.45) is 8.97. The molecule has 7 heteroatoms. The number of fused-ring (bicyclic) bond motifs is 1. The van der Waals surface area contributed by atoms with Crippen molar-refractivity contribution in [2.45, 2.75) is 45.4 Å². The van der Waals surface area contributed by atoms with E-state index >= 15 is 0 Å². The van der Waals surface area contributed by atoms with Crippen LogP contribution < -0.4 is 4.72 Å². The first-order chi connectivity index (χ1) is 12.1. The van der Waals surface area contributed by atoms with Gasteiger partial charge in [-0.1, -0.05) is 29.8 Å². The van der Waals surface area contributed by atoms with E-state index in [0.717, 1.165) is 44.2 Å². The van der Waals surface area contributed by atoms with Gasteiger partial charge in [-0.25, -0.2) is 0 Å². The highest BCUT2D eigenvalue weighted by molar-refractivity contribution is 7.87. The molecule has 0 saturated heterocycles. The molecule has 0 radical (unpaired) electrons. The summed E-state index contributed by atoms with van der Waals surface area (Å²) in [7, 11) is -3.29. The molecule has 0 spiro atoms. The van der Waals surface area contributed by atoms with Crippen molar-refractivity contribution in [1.29, 1.82) is 0 Å². The zero-order chi connectivity index (χ0) is 17.7. The molecule has 6 nitrogen and oxygen atoms in total. The maximum atomic E-state index is 11.6. The highest BCUT2D eigenvalue weighted by Gasteiger charge is 2.21. The molecule has 3 rings (SSSR count). The molecule has 0 amide bonds. The molecule has 1 heterocycles. The Morgan fingerprint density at radius 1 is 1.24 bits per heavy atom. The summed E-state index contributed by atoms with van der Waals surface area (Å²) < 4.78 is 26.9. The van der Waals surface area contributed by atoms with E-state index in [2.05, 4.69) is 28.1 Å². The topological polar surface area (TPSA) is 71.0 Å². The SMILES string of the molecule is CCON=C1CCc2cc(CCCCCN3C=CNS3(=O)=O)ccc21. The Balaban J connectivity index is 1.45. The average Bonchev–Trinajstić information content (AvgIpc) is 3.15. The van der Waals surface area contributed by atoms with E-state index in [1.54, 1.807) is 6.20 Å². The van der Waals surface area contributed by atoms with Crippen LogP contribution in [0.15, 0.2) is 35.8 Å². The van der Waals surface area contributed by atoms with Crippen molar-refractivity contribution >= 4 is 15.9 Å². The molecule has 2 aliphatic rings. The second-order valence-electron chi connectivity index (χ2n) is 6.31. The van der Waals surface area contributed by atoms with Crippen molar-refractivity contribution in [2.24, 2.45) is 5.16 Å². The van der Waals surface area contributed by atoms with Gasteiger partial charge in [-0.05, 0) is 50.2 Å². The minimum atomic E-state index is -3.29. The fourth-order valence-electron chi connectivity index (χ4n) is 3.23. The molecule has 1 aliphatic carbocycles. The summed E-state index contributed by atoms with van der Waals surface area (Å²) in [5.74, 6) is 0. The van der Waals surface area contributed by atoms with Crippen LogP contribution in [0.4, 0.5) is 0 Å². The van der Waals surface area contributed by atoms with E-state index in [4.69, 9.17) is 4.84 Å². The molecular formula is C18H25N3O3S. The molecule has 0 atom stereocenters.